The minimum absolute atomic E-state index is 0.206. The van der Waals surface area contributed by atoms with Crippen LogP contribution in [0.25, 0.3) is 0 Å². The van der Waals surface area contributed by atoms with Crippen molar-refractivity contribution in [3.05, 3.63) is 52.3 Å². The highest BCUT2D eigenvalue weighted by atomic mass is 35.5. The molecule has 8 heteroatoms. The fraction of sp³-hybridized carbons (Fsp3) is 0.235. The Morgan fingerprint density at radius 1 is 1.20 bits per heavy atom. The lowest BCUT2D eigenvalue weighted by molar-refractivity contribution is 0.0948. The van der Waals surface area contributed by atoms with Gasteiger partial charge in [-0.2, -0.15) is 0 Å². The molecule has 0 atom stereocenters. The van der Waals surface area contributed by atoms with E-state index in [1.54, 1.807) is 19.2 Å². The summed E-state index contributed by atoms with van der Waals surface area (Å²) in [6, 6.07) is 6.30. The molecule has 7 nitrogen and oxygen atoms in total. The number of hydrogen-bond acceptors (Lipinski definition) is 3. The Hall–Kier alpha value is -2.80. The molecule has 0 unspecified atom stereocenters. The average Bonchev–Trinajstić information content (AvgIpc) is 3.27. The zero-order valence-corrected chi connectivity index (χ0v) is 14.3. The number of benzene rings is 1. The number of halogens is 1. The van der Waals surface area contributed by atoms with Crippen molar-refractivity contribution in [1.82, 2.24) is 9.88 Å². The number of anilines is 1. The van der Waals surface area contributed by atoms with Crippen LogP contribution < -0.4 is 16.4 Å². The summed E-state index contributed by atoms with van der Waals surface area (Å²) in [5, 5.41) is 5.86. The molecule has 0 spiro atoms. The summed E-state index contributed by atoms with van der Waals surface area (Å²) in [6.45, 7) is 0. The molecule has 1 aromatic carbocycles. The first-order chi connectivity index (χ1) is 11.8. The molecule has 1 aromatic heterocycles. The third-order valence-corrected chi connectivity index (χ3v) is 4.23. The van der Waals surface area contributed by atoms with Gasteiger partial charge in [-0.15, -0.1) is 0 Å². The van der Waals surface area contributed by atoms with Gasteiger partial charge in [-0.25, -0.2) is 0 Å². The lowest BCUT2D eigenvalue weighted by Crippen LogP contribution is -2.26. The minimum Gasteiger partial charge on any atom is -0.366 e. The number of rotatable bonds is 5. The number of nitrogens with one attached hydrogen (secondary N) is 2. The van der Waals surface area contributed by atoms with E-state index in [1.165, 1.54) is 22.9 Å². The first kappa shape index (κ1) is 17.0. The quantitative estimate of drug-likeness (QED) is 0.758. The van der Waals surface area contributed by atoms with Gasteiger partial charge in [0.15, 0.2) is 0 Å². The number of aryl methyl sites for hydroxylation is 1. The van der Waals surface area contributed by atoms with Gasteiger partial charge in [-0.1, -0.05) is 11.6 Å². The standard InChI is InChI=1S/C17H17ClN4O3/c1-22-8-9(15(19)23)6-14(22)17(25)21-11-4-5-13(18)12(7-11)16(24)20-10-2-3-10/h4-8,10H,2-3H2,1H3,(H2,19,23)(H,20,24)(H,21,25). The molecule has 1 fully saturated rings. The zero-order valence-electron chi connectivity index (χ0n) is 13.5. The lowest BCUT2D eigenvalue weighted by atomic mass is 10.1. The Labute approximate surface area is 149 Å². The van der Waals surface area contributed by atoms with Crippen molar-refractivity contribution >= 4 is 35.0 Å². The lowest BCUT2D eigenvalue weighted by Gasteiger charge is -2.10. The largest absolute Gasteiger partial charge is 0.366 e. The molecule has 1 heterocycles. The van der Waals surface area contributed by atoms with Crippen LogP contribution in [0.2, 0.25) is 5.02 Å². The van der Waals surface area contributed by atoms with Crippen molar-refractivity contribution in [3.8, 4) is 0 Å². The first-order valence-corrected chi connectivity index (χ1v) is 8.11. The zero-order chi connectivity index (χ0) is 18.1. The van der Waals surface area contributed by atoms with Crippen LogP contribution in [-0.4, -0.2) is 28.3 Å². The van der Waals surface area contributed by atoms with Gasteiger partial charge in [0.05, 0.1) is 16.1 Å². The summed E-state index contributed by atoms with van der Waals surface area (Å²) in [6.07, 6.45) is 3.42. The fourth-order valence-corrected chi connectivity index (χ4v) is 2.59. The summed E-state index contributed by atoms with van der Waals surface area (Å²) in [5.41, 5.74) is 6.46. The number of nitrogens with two attached hydrogens (primary N) is 1. The molecule has 0 aliphatic heterocycles. The van der Waals surface area contributed by atoms with E-state index in [0.717, 1.165) is 12.8 Å². The van der Waals surface area contributed by atoms with Gasteiger partial charge >= 0.3 is 0 Å². The smallest absolute Gasteiger partial charge is 0.272 e. The predicted octanol–water partition coefficient (Wildman–Crippen LogP) is 1.92. The van der Waals surface area contributed by atoms with Gasteiger partial charge in [0, 0.05) is 25.0 Å². The second kappa shape index (κ2) is 6.60. The molecular formula is C17H17ClN4O3. The monoisotopic (exact) mass is 360 g/mol. The van der Waals surface area contributed by atoms with Gasteiger partial charge in [0.25, 0.3) is 11.8 Å². The normalized spacial score (nSPS) is 13.4. The Morgan fingerprint density at radius 3 is 2.52 bits per heavy atom. The summed E-state index contributed by atoms with van der Waals surface area (Å²) < 4.78 is 1.51. The van der Waals surface area contributed by atoms with E-state index < -0.39 is 11.8 Å². The van der Waals surface area contributed by atoms with Crippen molar-refractivity contribution in [1.29, 1.82) is 0 Å². The van der Waals surface area contributed by atoms with Crippen LogP contribution in [0.15, 0.2) is 30.5 Å². The molecule has 1 saturated carbocycles. The highest BCUT2D eigenvalue weighted by Crippen LogP contribution is 2.24. The van der Waals surface area contributed by atoms with Gasteiger partial charge in [0.2, 0.25) is 5.91 Å². The van der Waals surface area contributed by atoms with Crippen LogP contribution in [0.4, 0.5) is 5.69 Å². The molecule has 3 rings (SSSR count). The third kappa shape index (κ3) is 3.83. The molecule has 1 aliphatic rings. The maximum absolute atomic E-state index is 12.4. The van der Waals surface area contributed by atoms with Crippen LogP contribution in [0.5, 0.6) is 0 Å². The molecule has 1 aliphatic carbocycles. The summed E-state index contributed by atoms with van der Waals surface area (Å²) in [5.74, 6) is -1.30. The molecule has 4 N–H and O–H groups in total. The maximum atomic E-state index is 12.4. The highest BCUT2D eigenvalue weighted by Gasteiger charge is 2.25. The minimum atomic E-state index is -0.611. The number of carbonyl (C=O) groups is 3. The van der Waals surface area contributed by atoms with E-state index in [-0.39, 0.29) is 23.2 Å². The van der Waals surface area contributed by atoms with Crippen molar-refractivity contribution < 1.29 is 14.4 Å². The van der Waals surface area contributed by atoms with E-state index in [2.05, 4.69) is 10.6 Å². The van der Waals surface area contributed by atoms with Gasteiger partial charge in [-0.05, 0) is 37.1 Å². The fourth-order valence-electron chi connectivity index (χ4n) is 2.39. The number of primary amides is 1. The van der Waals surface area contributed by atoms with Gasteiger partial charge < -0.3 is 20.9 Å². The van der Waals surface area contributed by atoms with E-state index in [9.17, 15) is 14.4 Å². The molecule has 25 heavy (non-hydrogen) atoms. The third-order valence-electron chi connectivity index (χ3n) is 3.90. The average molecular weight is 361 g/mol. The second-order valence-electron chi connectivity index (χ2n) is 5.99. The van der Waals surface area contributed by atoms with Crippen LogP contribution in [0.3, 0.4) is 0 Å². The maximum Gasteiger partial charge on any atom is 0.272 e. The van der Waals surface area contributed by atoms with Crippen molar-refractivity contribution in [2.75, 3.05) is 5.32 Å². The summed E-state index contributed by atoms with van der Waals surface area (Å²) in [4.78, 5) is 35.8. The number of hydrogen-bond donors (Lipinski definition) is 3. The van der Waals surface area contributed by atoms with Crippen molar-refractivity contribution in [2.24, 2.45) is 12.8 Å². The number of carbonyl (C=O) groups excluding carboxylic acids is 3. The van der Waals surface area contributed by atoms with Crippen molar-refractivity contribution in [2.45, 2.75) is 18.9 Å². The van der Waals surface area contributed by atoms with Crippen LogP contribution in [-0.2, 0) is 7.05 Å². The Bertz CT molecular complexity index is 871. The second-order valence-corrected chi connectivity index (χ2v) is 6.39. The molecule has 0 radical (unpaired) electrons. The topological polar surface area (TPSA) is 106 Å². The Balaban J connectivity index is 1.79. The Kier molecular flexibility index (Phi) is 4.50. The SMILES string of the molecule is Cn1cc(C(N)=O)cc1C(=O)Nc1ccc(Cl)c(C(=O)NC2CC2)c1. The molecule has 3 amide bonds. The molecule has 130 valence electrons. The van der Waals surface area contributed by atoms with Crippen LogP contribution >= 0.6 is 11.6 Å². The highest BCUT2D eigenvalue weighted by molar-refractivity contribution is 6.34. The molecule has 0 bridgehead atoms. The van der Waals surface area contributed by atoms with E-state index in [0.29, 0.717) is 16.3 Å². The summed E-state index contributed by atoms with van der Waals surface area (Å²) >= 11 is 6.08. The predicted molar refractivity (Wildman–Crippen MR) is 93.8 cm³/mol. The molecular weight excluding hydrogens is 344 g/mol. The first-order valence-electron chi connectivity index (χ1n) is 7.73. The number of amides is 3. The van der Waals surface area contributed by atoms with Gasteiger partial charge in [-0.3, -0.25) is 14.4 Å². The van der Waals surface area contributed by atoms with Crippen molar-refractivity contribution in [3.63, 3.8) is 0 Å². The summed E-state index contributed by atoms with van der Waals surface area (Å²) in [7, 11) is 1.64. The van der Waals surface area contributed by atoms with E-state index in [4.69, 9.17) is 17.3 Å². The van der Waals surface area contributed by atoms with Crippen LogP contribution in [0, 0.1) is 0 Å². The molecule has 0 saturated heterocycles. The van der Waals surface area contributed by atoms with Crippen LogP contribution in [0.1, 0.15) is 44.0 Å². The van der Waals surface area contributed by atoms with E-state index >= 15 is 0 Å². The number of aromatic nitrogens is 1. The molecule has 2 aromatic rings. The number of nitrogens with zero attached hydrogens (tertiary/aromatic N) is 1. The van der Waals surface area contributed by atoms with E-state index in [1.807, 2.05) is 0 Å². The van der Waals surface area contributed by atoms with Gasteiger partial charge in [0.1, 0.15) is 5.69 Å². The Morgan fingerprint density at radius 2 is 1.92 bits per heavy atom.